The molecule has 0 unspecified atom stereocenters. The SMILES string of the molecule is CCn1c(-c2ccc(C)cc2)c(C)sc1=NC(=O)c1cc([N+](=O)[O-])ccc1Cl. The van der Waals surface area contributed by atoms with Gasteiger partial charge in [-0.05, 0) is 32.4 Å². The molecule has 0 saturated heterocycles. The minimum Gasteiger partial charge on any atom is -0.316 e. The second-order valence-corrected chi connectivity index (χ2v) is 7.83. The molecule has 1 amide bonds. The van der Waals surface area contributed by atoms with Gasteiger partial charge in [-0.1, -0.05) is 41.4 Å². The highest BCUT2D eigenvalue weighted by Crippen LogP contribution is 2.26. The molecular weight excluding hydrogens is 398 g/mol. The number of nitro benzene ring substituents is 1. The molecule has 0 aliphatic rings. The standard InChI is InChI=1S/C20H18ClN3O3S/c1-4-23-18(14-7-5-12(2)6-8-14)13(3)28-20(23)22-19(25)16-11-15(24(26)27)9-10-17(16)21/h5-11H,4H2,1-3H3. The zero-order chi connectivity index (χ0) is 20.4. The van der Waals surface area contributed by atoms with Crippen molar-refractivity contribution in [3.8, 4) is 11.3 Å². The third-order valence-electron chi connectivity index (χ3n) is 4.31. The van der Waals surface area contributed by atoms with Gasteiger partial charge < -0.3 is 4.57 Å². The van der Waals surface area contributed by atoms with E-state index in [9.17, 15) is 14.9 Å². The summed E-state index contributed by atoms with van der Waals surface area (Å²) in [6, 6.07) is 11.9. The van der Waals surface area contributed by atoms with Crippen molar-refractivity contribution in [2.24, 2.45) is 4.99 Å². The molecule has 3 rings (SSSR count). The smallest absolute Gasteiger partial charge is 0.281 e. The number of thiazole rings is 1. The lowest BCUT2D eigenvalue weighted by molar-refractivity contribution is -0.384. The Balaban J connectivity index is 2.12. The number of nitro groups is 1. The Bertz CT molecular complexity index is 1130. The van der Waals surface area contributed by atoms with Crippen LogP contribution in [-0.4, -0.2) is 15.4 Å². The summed E-state index contributed by atoms with van der Waals surface area (Å²) in [5.74, 6) is -0.604. The van der Waals surface area contributed by atoms with Crippen LogP contribution in [0.5, 0.6) is 0 Å². The second-order valence-electron chi connectivity index (χ2n) is 6.24. The molecule has 2 aromatic carbocycles. The van der Waals surface area contributed by atoms with E-state index in [-0.39, 0.29) is 16.3 Å². The van der Waals surface area contributed by atoms with Gasteiger partial charge in [0, 0.05) is 23.6 Å². The van der Waals surface area contributed by atoms with Gasteiger partial charge in [0.25, 0.3) is 11.6 Å². The van der Waals surface area contributed by atoms with Crippen LogP contribution in [0.1, 0.15) is 27.7 Å². The molecule has 0 fully saturated rings. The molecule has 1 heterocycles. The minimum atomic E-state index is -0.604. The van der Waals surface area contributed by atoms with Gasteiger partial charge in [0.15, 0.2) is 4.80 Å². The number of halogens is 1. The molecule has 3 aromatic rings. The van der Waals surface area contributed by atoms with Gasteiger partial charge in [0.05, 0.1) is 21.2 Å². The third-order valence-corrected chi connectivity index (χ3v) is 5.63. The van der Waals surface area contributed by atoms with Gasteiger partial charge in [-0.3, -0.25) is 14.9 Å². The number of non-ortho nitro benzene ring substituents is 1. The number of benzene rings is 2. The number of carbonyl (C=O) groups excluding carboxylic acids is 1. The molecule has 6 nitrogen and oxygen atoms in total. The summed E-state index contributed by atoms with van der Waals surface area (Å²) in [6.07, 6.45) is 0. The molecule has 0 radical (unpaired) electrons. The molecule has 0 aliphatic carbocycles. The first-order chi connectivity index (χ1) is 13.3. The fraction of sp³-hybridized carbons (Fsp3) is 0.200. The summed E-state index contributed by atoms with van der Waals surface area (Å²) in [6.45, 7) is 6.62. The number of hydrogen-bond donors (Lipinski definition) is 0. The number of aryl methyl sites for hydroxylation is 2. The van der Waals surface area contributed by atoms with Crippen molar-refractivity contribution in [1.29, 1.82) is 0 Å². The van der Waals surface area contributed by atoms with Crippen LogP contribution in [-0.2, 0) is 6.54 Å². The zero-order valence-electron chi connectivity index (χ0n) is 15.6. The van der Waals surface area contributed by atoms with Crippen LogP contribution in [0.3, 0.4) is 0 Å². The normalized spacial score (nSPS) is 11.6. The van der Waals surface area contributed by atoms with Gasteiger partial charge in [0.1, 0.15) is 0 Å². The Morgan fingerprint density at radius 2 is 1.89 bits per heavy atom. The van der Waals surface area contributed by atoms with Crippen LogP contribution in [0.4, 0.5) is 5.69 Å². The van der Waals surface area contributed by atoms with Crippen LogP contribution < -0.4 is 4.80 Å². The van der Waals surface area contributed by atoms with Crippen molar-refractivity contribution in [2.75, 3.05) is 0 Å². The van der Waals surface area contributed by atoms with E-state index < -0.39 is 10.8 Å². The number of hydrogen-bond acceptors (Lipinski definition) is 4. The summed E-state index contributed by atoms with van der Waals surface area (Å²) in [5, 5.41) is 11.1. The predicted molar refractivity (Wildman–Crippen MR) is 111 cm³/mol. The molecular formula is C20H18ClN3O3S. The highest BCUT2D eigenvalue weighted by atomic mass is 35.5. The van der Waals surface area contributed by atoms with Crippen molar-refractivity contribution in [2.45, 2.75) is 27.3 Å². The van der Waals surface area contributed by atoms with E-state index in [0.29, 0.717) is 11.3 Å². The molecule has 0 N–H and O–H groups in total. The van der Waals surface area contributed by atoms with E-state index in [2.05, 4.69) is 4.99 Å². The molecule has 1 aromatic heterocycles. The third kappa shape index (κ3) is 3.90. The van der Waals surface area contributed by atoms with E-state index in [1.165, 1.54) is 29.0 Å². The molecule has 144 valence electrons. The van der Waals surface area contributed by atoms with Crippen LogP contribution in [0, 0.1) is 24.0 Å². The number of carbonyl (C=O) groups is 1. The fourth-order valence-electron chi connectivity index (χ4n) is 2.91. The maximum absolute atomic E-state index is 12.7. The van der Waals surface area contributed by atoms with Gasteiger partial charge in [0.2, 0.25) is 0 Å². The lowest BCUT2D eigenvalue weighted by Crippen LogP contribution is -2.17. The van der Waals surface area contributed by atoms with Gasteiger partial charge >= 0.3 is 0 Å². The second kappa shape index (κ2) is 8.08. The van der Waals surface area contributed by atoms with Crippen molar-refractivity contribution in [3.63, 3.8) is 0 Å². The lowest BCUT2D eigenvalue weighted by Gasteiger charge is -2.08. The monoisotopic (exact) mass is 415 g/mol. The molecule has 0 bridgehead atoms. The lowest BCUT2D eigenvalue weighted by atomic mass is 10.1. The average molecular weight is 416 g/mol. The highest BCUT2D eigenvalue weighted by molar-refractivity contribution is 7.09. The van der Waals surface area contributed by atoms with E-state index >= 15 is 0 Å². The van der Waals surface area contributed by atoms with E-state index in [0.717, 1.165) is 22.2 Å². The molecule has 0 aliphatic heterocycles. The van der Waals surface area contributed by atoms with Crippen LogP contribution >= 0.6 is 22.9 Å². The van der Waals surface area contributed by atoms with Crippen LogP contribution in [0.25, 0.3) is 11.3 Å². The molecule has 0 spiro atoms. The average Bonchev–Trinajstić information content (AvgIpc) is 2.97. The molecule has 0 saturated carbocycles. The highest BCUT2D eigenvalue weighted by Gasteiger charge is 2.17. The van der Waals surface area contributed by atoms with Gasteiger partial charge in [-0.15, -0.1) is 11.3 Å². The summed E-state index contributed by atoms with van der Waals surface area (Å²) in [5.41, 5.74) is 3.03. The van der Waals surface area contributed by atoms with Crippen molar-refractivity contribution in [1.82, 2.24) is 4.57 Å². The van der Waals surface area contributed by atoms with Gasteiger partial charge in [-0.2, -0.15) is 4.99 Å². The first kappa shape index (κ1) is 20.0. The maximum atomic E-state index is 12.7. The summed E-state index contributed by atoms with van der Waals surface area (Å²) >= 11 is 7.48. The Labute approximate surface area is 170 Å². The van der Waals surface area contributed by atoms with Gasteiger partial charge in [-0.25, -0.2) is 0 Å². The summed E-state index contributed by atoms with van der Waals surface area (Å²) in [7, 11) is 0. The topological polar surface area (TPSA) is 77.5 Å². The predicted octanol–water partition coefficient (Wildman–Crippen LogP) is 5.16. The van der Waals surface area contributed by atoms with Crippen molar-refractivity contribution < 1.29 is 9.72 Å². The Morgan fingerprint density at radius 3 is 2.50 bits per heavy atom. The summed E-state index contributed by atoms with van der Waals surface area (Å²) < 4.78 is 1.97. The zero-order valence-corrected chi connectivity index (χ0v) is 17.2. The van der Waals surface area contributed by atoms with Crippen molar-refractivity contribution in [3.05, 3.63) is 78.4 Å². The molecule has 0 atom stereocenters. The molecule has 28 heavy (non-hydrogen) atoms. The van der Waals surface area contributed by atoms with E-state index in [4.69, 9.17) is 11.6 Å². The Kier molecular flexibility index (Phi) is 5.76. The first-order valence-electron chi connectivity index (χ1n) is 8.62. The molecule has 8 heteroatoms. The summed E-state index contributed by atoms with van der Waals surface area (Å²) in [4.78, 5) is 28.9. The number of amides is 1. The fourth-order valence-corrected chi connectivity index (χ4v) is 4.17. The largest absolute Gasteiger partial charge is 0.316 e. The quantitative estimate of drug-likeness (QED) is 0.436. The van der Waals surface area contributed by atoms with E-state index in [1.54, 1.807) is 0 Å². The number of rotatable bonds is 4. The number of nitrogens with zero attached hydrogens (tertiary/aromatic N) is 3. The Hall–Kier alpha value is -2.77. The first-order valence-corrected chi connectivity index (χ1v) is 9.81. The van der Waals surface area contributed by atoms with Crippen molar-refractivity contribution >= 4 is 34.5 Å². The number of aromatic nitrogens is 1. The maximum Gasteiger partial charge on any atom is 0.281 e. The van der Waals surface area contributed by atoms with E-state index in [1.807, 2.05) is 49.6 Å². The van der Waals surface area contributed by atoms with Crippen LogP contribution in [0.2, 0.25) is 5.02 Å². The Morgan fingerprint density at radius 1 is 1.21 bits per heavy atom. The van der Waals surface area contributed by atoms with Crippen LogP contribution in [0.15, 0.2) is 47.5 Å². The minimum absolute atomic E-state index is 0.0152.